The summed E-state index contributed by atoms with van der Waals surface area (Å²) in [5.41, 5.74) is -0.607. The van der Waals surface area contributed by atoms with Crippen molar-refractivity contribution in [3.63, 3.8) is 0 Å². The normalized spacial score (nSPS) is 37.3. The summed E-state index contributed by atoms with van der Waals surface area (Å²) >= 11 is 0. The number of fused-ring (bicyclic) bond motifs is 2. The van der Waals surface area contributed by atoms with E-state index in [1.165, 1.54) is 83.5 Å². The van der Waals surface area contributed by atoms with Crippen LogP contribution in [-0.2, 0) is 28.8 Å². The SMILES string of the molecule is CCCCCCCCCCCCCCCCCC(=O)O[C@H]1O[C@@H]2O[C@@]3(C)CC[C@H]4[C@H](C)CC[C@@H]([C@H]1C)[C@@]24OO3. The van der Waals surface area contributed by atoms with Crippen LogP contribution >= 0.6 is 0 Å². The molecule has 0 N–H and O–H groups in total. The van der Waals surface area contributed by atoms with Crippen molar-refractivity contribution in [1.82, 2.24) is 0 Å². The average molecular weight is 551 g/mol. The second kappa shape index (κ2) is 15.0. The van der Waals surface area contributed by atoms with Crippen LogP contribution in [0.1, 0.15) is 156 Å². The Labute approximate surface area is 238 Å². The summed E-state index contributed by atoms with van der Waals surface area (Å²) in [5.74, 6) is 0.113. The fourth-order valence-corrected chi connectivity index (χ4v) is 7.84. The molecule has 0 aromatic rings. The van der Waals surface area contributed by atoms with Gasteiger partial charge in [0.1, 0.15) is 0 Å². The molecule has 5 fully saturated rings. The zero-order valence-electron chi connectivity index (χ0n) is 25.6. The Kier molecular flexibility index (Phi) is 12.0. The quantitative estimate of drug-likeness (QED) is 0.102. The second-order valence-corrected chi connectivity index (χ2v) is 13.5. The van der Waals surface area contributed by atoms with Crippen molar-refractivity contribution >= 4 is 5.97 Å². The van der Waals surface area contributed by atoms with E-state index in [2.05, 4.69) is 20.8 Å². The van der Waals surface area contributed by atoms with E-state index >= 15 is 0 Å². The van der Waals surface area contributed by atoms with E-state index in [0.29, 0.717) is 18.3 Å². The van der Waals surface area contributed by atoms with Crippen molar-refractivity contribution in [3.05, 3.63) is 0 Å². The van der Waals surface area contributed by atoms with Crippen LogP contribution in [0.4, 0.5) is 0 Å². The van der Waals surface area contributed by atoms with Crippen LogP contribution in [0, 0.1) is 23.7 Å². The Morgan fingerprint density at radius 3 is 1.97 bits per heavy atom. The van der Waals surface area contributed by atoms with Crippen molar-refractivity contribution in [2.75, 3.05) is 0 Å². The summed E-state index contributed by atoms with van der Waals surface area (Å²) in [4.78, 5) is 24.8. The van der Waals surface area contributed by atoms with Crippen molar-refractivity contribution in [1.29, 1.82) is 0 Å². The Balaban J connectivity index is 1.09. The van der Waals surface area contributed by atoms with Gasteiger partial charge in [0.15, 0.2) is 11.9 Å². The molecule has 0 unspecified atom stereocenters. The molecule has 0 aromatic heterocycles. The van der Waals surface area contributed by atoms with Gasteiger partial charge in [-0.3, -0.25) is 4.79 Å². The predicted molar refractivity (Wildman–Crippen MR) is 152 cm³/mol. The third kappa shape index (κ3) is 7.78. The highest BCUT2D eigenvalue weighted by atomic mass is 17.3. The van der Waals surface area contributed by atoms with Gasteiger partial charge in [-0.15, -0.1) is 0 Å². The van der Waals surface area contributed by atoms with Crippen molar-refractivity contribution < 1.29 is 28.8 Å². The van der Waals surface area contributed by atoms with Gasteiger partial charge in [0.05, 0.1) is 0 Å². The highest BCUT2D eigenvalue weighted by Gasteiger charge is 2.69. The van der Waals surface area contributed by atoms with Gasteiger partial charge in [-0.05, 0) is 44.4 Å². The minimum Gasteiger partial charge on any atom is -0.435 e. The lowest BCUT2D eigenvalue weighted by atomic mass is 9.58. The summed E-state index contributed by atoms with van der Waals surface area (Å²) in [6, 6.07) is 0. The molecule has 1 aliphatic carbocycles. The first-order valence-corrected chi connectivity index (χ1v) is 16.8. The number of hydrogen-bond acceptors (Lipinski definition) is 6. The van der Waals surface area contributed by atoms with E-state index in [-0.39, 0.29) is 17.8 Å². The van der Waals surface area contributed by atoms with Crippen molar-refractivity contribution in [3.8, 4) is 0 Å². The zero-order chi connectivity index (χ0) is 27.7. The van der Waals surface area contributed by atoms with Gasteiger partial charge in [0.25, 0.3) is 0 Å². The maximum Gasteiger partial charge on any atom is 0.308 e. The van der Waals surface area contributed by atoms with Gasteiger partial charge in [0, 0.05) is 24.7 Å². The fourth-order valence-electron chi connectivity index (χ4n) is 7.84. The van der Waals surface area contributed by atoms with Crippen molar-refractivity contribution in [2.24, 2.45) is 23.7 Å². The smallest absolute Gasteiger partial charge is 0.308 e. The Morgan fingerprint density at radius 2 is 1.36 bits per heavy atom. The third-order valence-corrected chi connectivity index (χ3v) is 10.3. The lowest BCUT2D eigenvalue weighted by Gasteiger charge is -2.59. The lowest BCUT2D eigenvalue weighted by molar-refractivity contribution is -0.576. The van der Waals surface area contributed by atoms with Crippen LogP contribution in [0.5, 0.6) is 0 Å². The molecule has 4 heterocycles. The van der Waals surface area contributed by atoms with Gasteiger partial charge in [-0.1, -0.05) is 111 Å². The van der Waals surface area contributed by atoms with Crippen molar-refractivity contribution in [2.45, 2.75) is 180 Å². The third-order valence-electron chi connectivity index (χ3n) is 10.3. The monoisotopic (exact) mass is 550 g/mol. The first-order valence-electron chi connectivity index (χ1n) is 16.8. The number of carbonyl (C=O) groups is 1. The fraction of sp³-hybridized carbons (Fsp3) is 0.970. The van der Waals surface area contributed by atoms with Gasteiger partial charge in [-0.2, -0.15) is 0 Å². The molecule has 5 rings (SSSR count). The highest BCUT2D eigenvalue weighted by molar-refractivity contribution is 5.69. The molecule has 2 bridgehead atoms. The summed E-state index contributed by atoms with van der Waals surface area (Å²) in [6.07, 6.45) is 23.0. The maximum atomic E-state index is 12.8. The van der Waals surface area contributed by atoms with E-state index in [9.17, 15) is 4.79 Å². The van der Waals surface area contributed by atoms with E-state index in [0.717, 1.165) is 38.5 Å². The molecule has 0 radical (unpaired) electrons. The molecule has 1 spiro atoms. The topological polar surface area (TPSA) is 63.2 Å². The molecular weight excluding hydrogens is 492 g/mol. The molecule has 1 saturated carbocycles. The van der Waals surface area contributed by atoms with E-state index < -0.39 is 24.0 Å². The van der Waals surface area contributed by atoms with Crippen LogP contribution in [0.2, 0.25) is 0 Å². The van der Waals surface area contributed by atoms with Crippen LogP contribution in [0.25, 0.3) is 0 Å². The van der Waals surface area contributed by atoms with Gasteiger partial charge in [0.2, 0.25) is 12.1 Å². The van der Waals surface area contributed by atoms with Crippen LogP contribution in [0.15, 0.2) is 0 Å². The summed E-state index contributed by atoms with van der Waals surface area (Å²) in [6.45, 7) is 8.65. The molecule has 0 amide bonds. The van der Waals surface area contributed by atoms with Gasteiger partial charge in [-0.25, -0.2) is 9.78 Å². The maximum absolute atomic E-state index is 12.8. The first-order chi connectivity index (χ1) is 18.9. The average Bonchev–Trinajstić information content (AvgIpc) is 3.15. The largest absolute Gasteiger partial charge is 0.435 e. The first kappa shape index (κ1) is 31.3. The lowest BCUT2D eigenvalue weighted by Crippen LogP contribution is -2.70. The standard InChI is InChI=1S/C33H58O6/c1-5-6-7-8-9-10-11-12-13-14-15-16-17-18-19-20-29(34)35-30-26(3)28-22-21-25(2)27-23-24-32(4)37-31(36-30)33(27,28)39-38-32/h25-28,30-31H,5-24H2,1-4H3/t25-,26-,27+,28+,30+,31-,32-,33-/m1/s1. The molecule has 8 atom stereocenters. The second-order valence-electron chi connectivity index (χ2n) is 13.5. The van der Waals surface area contributed by atoms with Gasteiger partial charge < -0.3 is 14.2 Å². The molecular formula is C33H58O6. The molecule has 6 heteroatoms. The number of rotatable bonds is 17. The van der Waals surface area contributed by atoms with Crippen LogP contribution in [0.3, 0.4) is 0 Å². The molecule has 6 nitrogen and oxygen atoms in total. The van der Waals surface area contributed by atoms with Gasteiger partial charge >= 0.3 is 5.97 Å². The number of unbranched alkanes of at least 4 members (excludes halogenated alkanes) is 14. The summed E-state index contributed by atoms with van der Waals surface area (Å²) in [7, 11) is 0. The van der Waals surface area contributed by atoms with E-state index in [1.54, 1.807) is 0 Å². The summed E-state index contributed by atoms with van der Waals surface area (Å²) in [5, 5.41) is 0. The number of ether oxygens (including phenoxy) is 3. The summed E-state index contributed by atoms with van der Waals surface area (Å²) < 4.78 is 18.7. The van der Waals surface area contributed by atoms with E-state index in [1.807, 2.05) is 6.92 Å². The number of carbonyl (C=O) groups excluding carboxylic acids is 1. The highest BCUT2D eigenvalue weighted by Crippen LogP contribution is 2.60. The Bertz CT molecular complexity index is 744. The molecule has 4 aliphatic heterocycles. The molecule has 5 aliphatic rings. The molecule has 226 valence electrons. The molecule has 4 saturated heterocycles. The van der Waals surface area contributed by atoms with E-state index in [4.69, 9.17) is 24.0 Å². The zero-order valence-corrected chi connectivity index (χ0v) is 25.6. The Hall–Kier alpha value is -0.690. The number of esters is 1. The molecule has 0 aromatic carbocycles. The van der Waals surface area contributed by atoms with Crippen LogP contribution < -0.4 is 0 Å². The Morgan fingerprint density at radius 1 is 0.769 bits per heavy atom. The predicted octanol–water partition coefficient (Wildman–Crippen LogP) is 9.00. The minimum absolute atomic E-state index is 0.0379. The molecule has 39 heavy (non-hydrogen) atoms. The number of hydrogen-bond donors (Lipinski definition) is 0. The minimum atomic E-state index is -0.805. The van der Waals surface area contributed by atoms with Crippen LogP contribution in [-0.4, -0.2) is 29.9 Å².